The zero-order chi connectivity index (χ0) is 15.2. The number of nitrogens with zero attached hydrogens (tertiary/aromatic N) is 1. The summed E-state index contributed by atoms with van der Waals surface area (Å²) in [5.74, 6) is 0. The monoisotopic (exact) mass is 276 g/mol. The number of rotatable bonds is 7. The summed E-state index contributed by atoms with van der Waals surface area (Å²) in [6, 6.07) is 9.49. The van der Waals surface area contributed by atoms with Crippen molar-refractivity contribution in [3.63, 3.8) is 0 Å². The average molecular weight is 276 g/mol. The minimum Gasteiger partial charge on any atom is -0.312 e. The third kappa shape index (κ3) is 6.06. The summed E-state index contributed by atoms with van der Waals surface area (Å²) in [5, 5.41) is 3.44. The Morgan fingerprint density at radius 3 is 2.20 bits per heavy atom. The lowest BCUT2D eigenvalue weighted by Gasteiger charge is -2.30. The van der Waals surface area contributed by atoms with E-state index in [1.54, 1.807) is 0 Å². The first kappa shape index (κ1) is 17.2. The van der Waals surface area contributed by atoms with Crippen molar-refractivity contribution in [1.29, 1.82) is 0 Å². The Kier molecular flexibility index (Phi) is 6.70. The predicted molar refractivity (Wildman–Crippen MR) is 89.2 cm³/mol. The molecule has 2 heteroatoms. The van der Waals surface area contributed by atoms with E-state index in [4.69, 9.17) is 0 Å². The van der Waals surface area contributed by atoms with Crippen LogP contribution in [-0.2, 0) is 6.42 Å². The Bertz CT molecular complexity index is 375. The SMILES string of the molecule is CCCc1ccc(C(CN(C)CC(C)(C)C)NC)cc1. The van der Waals surface area contributed by atoms with E-state index in [-0.39, 0.29) is 0 Å². The Labute approximate surface area is 125 Å². The summed E-state index contributed by atoms with van der Waals surface area (Å²) in [6.07, 6.45) is 2.39. The molecule has 1 aromatic carbocycles. The second-order valence-corrected chi connectivity index (χ2v) is 7.09. The molecule has 1 rings (SSSR count). The molecule has 1 N–H and O–H groups in total. The fraction of sp³-hybridized carbons (Fsp3) is 0.667. The normalized spacial score (nSPS) is 13.8. The highest BCUT2D eigenvalue weighted by Crippen LogP contribution is 2.19. The highest BCUT2D eigenvalue weighted by molar-refractivity contribution is 5.25. The molecule has 0 aliphatic rings. The van der Waals surface area contributed by atoms with Gasteiger partial charge in [-0.2, -0.15) is 0 Å². The molecule has 0 aliphatic carbocycles. The molecule has 2 nitrogen and oxygen atoms in total. The molecule has 114 valence electrons. The van der Waals surface area contributed by atoms with E-state index in [2.05, 4.69) is 76.3 Å². The number of hydrogen-bond donors (Lipinski definition) is 1. The van der Waals surface area contributed by atoms with E-state index in [0.29, 0.717) is 11.5 Å². The predicted octanol–water partition coefficient (Wildman–Crippen LogP) is 3.88. The van der Waals surface area contributed by atoms with E-state index < -0.39 is 0 Å². The van der Waals surface area contributed by atoms with Crippen LogP contribution < -0.4 is 5.32 Å². The molecule has 20 heavy (non-hydrogen) atoms. The Morgan fingerprint density at radius 1 is 1.15 bits per heavy atom. The van der Waals surface area contributed by atoms with Gasteiger partial charge in [0.05, 0.1) is 0 Å². The van der Waals surface area contributed by atoms with Crippen molar-refractivity contribution < 1.29 is 0 Å². The van der Waals surface area contributed by atoms with Crippen LogP contribution in [0.1, 0.15) is 51.3 Å². The molecule has 0 radical (unpaired) electrons. The van der Waals surface area contributed by atoms with Crippen LogP contribution in [-0.4, -0.2) is 32.1 Å². The number of hydrogen-bond acceptors (Lipinski definition) is 2. The number of benzene rings is 1. The van der Waals surface area contributed by atoms with E-state index in [0.717, 1.165) is 13.1 Å². The molecule has 0 spiro atoms. The van der Waals surface area contributed by atoms with E-state index in [9.17, 15) is 0 Å². The first-order chi connectivity index (χ1) is 9.35. The molecule has 0 bridgehead atoms. The lowest BCUT2D eigenvalue weighted by atomic mass is 9.95. The number of nitrogens with one attached hydrogen (secondary N) is 1. The van der Waals surface area contributed by atoms with Crippen LogP contribution in [0, 0.1) is 5.41 Å². The Balaban J connectivity index is 2.65. The van der Waals surface area contributed by atoms with E-state index >= 15 is 0 Å². The fourth-order valence-corrected chi connectivity index (χ4v) is 2.75. The second kappa shape index (κ2) is 7.80. The molecular formula is C18H32N2. The molecule has 0 saturated carbocycles. The largest absolute Gasteiger partial charge is 0.312 e. The summed E-state index contributed by atoms with van der Waals surface area (Å²) in [5.41, 5.74) is 3.17. The Morgan fingerprint density at radius 2 is 1.75 bits per heavy atom. The van der Waals surface area contributed by atoms with Crippen LogP contribution in [0.3, 0.4) is 0 Å². The minimum absolute atomic E-state index is 0.345. The standard InChI is InChI=1S/C18H32N2/c1-7-8-15-9-11-16(12-10-15)17(19-5)13-20(6)14-18(2,3)4/h9-12,17,19H,7-8,13-14H2,1-6H3. The third-order valence-electron chi connectivity index (χ3n) is 3.51. The third-order valence-corrected chi connectivity index (χ3v) is 3.51. The summed E-state index contributed by atoms with van der Waals surface area (Å²) in [7, 11) is 4.26. The van der Waals surface area contributed by atoms with Crippen molar-refractivity contribution in [2.45, 2.75) is 46.6 Å². The zero-order valence-corrected chi connectivity index (χ0v) is 14.2. The van der Waals surface area contributed by atoms with Crippen molar-refractivity contribution in [2.75, 3.05) is 27.2 Å². The summed E-state index contributed by atoms with van der Waals surface area (Å²) in [4.78, 5) is 2.42. The lowest BCUT2D eigenvalue weighted by molar-refractivity contribution is 0.210. The van der Waals surface area contributed by atoms with Crippen LogP contribution in [0.25, 0.3) is 0 Å². The first-order valence-electron chi connectivity index (χ1n) is 7.80. The van der Waals surface area contributed by atoms with Crippen molar-refractivity contribution in [3.8, 4) is 0 Å². The molecule has 0 heterocycles. The van der Waals surface area contributed by atoms with Gasteiger partial charge in [-0.3, -0.25) is 0 Å². The van der Waals surface area contributed by atoms with Gasteiger partial charge in [-0.15, -0.1) is 0 Å². The highest BCUT2D eigenvalue weighted by atomic mass is 15.1. The number of aryl methyl sites for hydroxylation is 1. The van der Waals surface area contributed by atoms with Gasteiger partial charge in [-0.05, 0) is 37.1 Å². The van der Waals surface area contributed by atoms with Gasteiger partial charge in [0, 0.05) is 19.1 Å². The van der Waals surface area contributed by atoms with Gasteiger partial charge in [0.2, 0.25) is 0 Å². The topological polar surface area (TPSA) is 15.3 Å². The van der Waals surface area contributed by atoms with Crippen LogP contribution in [0.4, 0.5) is 0 Å². The molecular weight excluding hydrogens is 244 g/mol. The summed E-state index contributed by atoms with van der Waals surface area (Å²) >= 11 is 0. The molecule has 0 amide bonds. The highest BCUT2D eigenvalue weighted by Gasteiger charge is 2.17. The van der Waals surface area contributed by atoms with Crippen molar-refractivity contribution in [1.82, 2.24) is 10.2 Å². The molecule has 0 fully saturated rings. The molecule has 1 unspecified atom stereocenters. The van der Waals surface area contributed by atoms with Crippen molar-refractivity contribution >= 4 is 0 Å². The lowest BCUT2D eigenvalue weighted by Crippen LogP contribution is -2.36. The Hall–Kier alpha value is -0.860. The van der Waals surface area contributed by atoms with Crippen molar-refractivity contribution in [2.24, 2.45) is 5.41 Å². The van der Waals surface area contributed by atoms with Gasteiger partial charge in [0.15, 0.2) is 0 Å². The average Bonchev–Trinajstić information content (AvgIpc) is 2.35. The van der Waals surface area contributed by atoms with Crippen LogP contribution in [0.5, 0.6) is 0 Å². The molecule has 0 saturated heterocycles. The van der Waals surface area contributed by atoms with Gasteiger partial charge in [0.25, 0.3) is 0 Å². The maximum absolute atomic E-state index is 3.44. The molecule has 1 atom stereocenters. The van der Waals surface area contributed by atoms with Gasteiger partial charge in [-0.1, -0.05) is 58.4 Å². The summed E-state index contributed by atoms with van der Waals surface area (Å²) < 4.78 is 0. The number of likely N-dealkylation sites (N-methyl/N-ethyl adjacent to an activating group) is 2. The van der Waals surface area contributed by atoms with Gasteiger partial charge in [-0.25, -0.2) is 0 Å². The maximum Gasteiger partial charge on any atom is 0.0446 e. The molecule has 0 aliphatic heterocycles. The van der Waals surface area contributed by atoms with Crippen LogP contribution in [0.2, 0.25) is 0 Å². The maximum atomic E-state index is 3.44. The van der Waals surface area contributed by atoms with E-state index in [1.807, 2.05) is 0 Å². The van der Waals surface area contributed by atoms with E-state index in [1.165, 1.54) is 24.0 Å². The summed E-state index contributed by atoms with van der Waals surface area (Å²) in [6.45, 7) is 11.2. The van der Waals surface area contributed by atoms with Gasteiger partial charge in [0.1, 0.15) is 0 Å². The zero-order valence-electron chi connectivity index (χ0n) is 14.2. The van der Waals surface area contributed by atoms with Gasteiger partial charge >= 0.3 is 0 Å². The molecule has 0 aromatic heterocycles. The first-order valence-corrected chi connectivity index (χ1v) is 7.80. The second-order valence-electron chi connectivity index (χ2n) is 7.09. The van der Waals surface area contributed by atoms with Crippen LogP contribution >= 0.6 is 0 Å². The quantitative estimate of drug-likeness (QED) is 0.813. The molecule has 1 aromatic rings. The van der Waals surface area contributed by atoms with Crippen molar-refractivity contribution in [3.05, 3.63) is 35.4 Å². The van der Waals surface area contributed by atoms with Gasteiger partial charge < -0.3 is 10.2 Å². The smallest absolute Gasteiger partial charge is 0.0446 e. The minimum atomic E-state index is 0.345. The van der Waals surface area contributed by atoms with Crippen LogP contribution in [0.15, 0.2) is 24.3 Å². The fourth-order valence-electron chi connectivity index (χ4n) is 2.75.